The van der Waals surface area contributed by atoms with Crippen LogP contribution in [-0.4, -0.2) is 36.4 Å². The number of carbonyl (C=O) groups is 1. The number of halogens is 1. The lowest BCUT2D eigenvalue weighted by Gasteiger charge is -2.45. The van der Waals surface area contributed by atoms with E-state index in [1.807, 2.05) is 18.2 Å². The fourth-order valence-corrected chi connectivity index (χ4v) is 6.44. The predicted octanol–water partition coefficient (Wildman–Crippen LogP) is 5.96. The van der Waals surface area contributed by atoms with E-state index in [-0.39, 0.29) is 24.3 Å². The zero-order valence-electron chi connectivity index (χ0n) is 20.1. The van der Waals surface area contributed by atoms with Crippen molar-refractivity contribution in [3.63, 3.8) is 0 Å². The summed E-state index contributed by atoms with van der Waals surface area (Å²) in [6.07, 6.45) is 3.91. The molecule has 2 amide bonds. The molecule has 0 radical (unpaired) electrons. The molecule has 3 atom stereocenters. The molecule has 3 aromatic rings. The molecule has 2 heterocycles. The number of rotatable bonds is 5. The fourth-order valence-electron chi connectivity index (χ4n) is 6.24. The molecule has 0 spiro atoms. The van der Waals surface area contributed by atoms with E-state index in [2.05, 4.69) is 58.0 Å². The average Bonchev–Trinajstić information content (AvgIpc) is 3.50. The fraction of sp³-hybridized carbons (Fsp3) is 0.345. The second kappa shape index (κ2) is 9.68. The van der Waals surface area contributed by atoms with Crippen LogP contribution in [0.3, 0.4) is 0 Å². The highest BCUT2D eigenvalue weighted by Gasteiger charge is 2.51. The lowest BCUT2D eigenvalue weighted by atomic mass is 9.65. The lowest BCUT2D eigenvalue weighted by Crippen LogP contribution is -2.52. The van der Waals surface area contributed by atoms with Crippen molar-refractivity contribution in [2.45, 2.75) is 49.7 Å². The van der Waals surface area contributed by atoms with Gasteiger partial charge < -0.3 is 20.1 Å². The molecule has 1 saturated carbocycles. The van der Waals surface area contributed by atoms with Gasteiger partial charge in [-0.05, 0) is 73.7 Å². The zero-order valence-corrected chi connectivity index (χ0v) is 20.8. The lowest BCUT2D eigenvalue weighted by molar-refractivity contribution is 0.131. The number of hydrogen-bond donors (Lipinski definition) is 2. The van der Waals surface area contributed by atoms with Crippen LogP contribution in [0.1, 0.15) is 36.8 Å². The van der Waals surface area contributed by atoms with E-state index >= 15 is 0 Å². The normalized spacial score (nSPS) is 24.8. The zero-order chi connectivity index (χ0) is 24.5. The Balaban J connectivity index is 1.23. The monoisotopic (exact) mass is 503 g/mol. The first-order valence-corrected chi connectivity index (χ1v) is 13.0. The van der Waals surface area contributed by atoms with Gasteiger partial charge in [-0.2, -0.15) is 0 Å². The molecule has 7 heteroatoms. The van der Waals surface area contributed by atoms with Crippen LogP contribution in [0.2, 0.25) is 5.02 Å². The molecule has 0 aromatic heterocycles. The maximum atomic E-state index is 12.8. The third-order valence-corrected chi connectivity index (χ3v) is 8.20. The van der Waals surface area contributed by atoms with Gasteiger partial charge >= 0.3 is 6.03 Å². The first kappa shape index (κ1) is 23.2. The Bertz CT molecular complexity index is 1250. The van der Waals surface area contributed by atoms with Gasteiger partial charge in [-0.3, -0.25) is 4.90 Å². The van der Waals surface area contributed by atoms with Gasteiger partial charge in [0.2, 0.25) is 6.79 Å². The van der Waals surface area contributed by atoms with Crippen LogP contribution in [0.4, 0.5) is 10.5 Å². The smallest absolute Gasteiger partial charge is 0.319 e. The third kappa shape index (κ3) is 4.51. The van der Waals surface area contributed by atoms with Gasteiger partial charge in [0.15, 0.2) is 11.5 Å². The van der Waals surface area contributed by atoms with Crippen molar-refractivity contribution in [1.82, 2.24) is 10.2 Å². The maximum absolute atomic E-state index is 12.8. The summed E-state index contributed by atoms with van der Waals surface area (Å²) in [5, 5.41) is 6.76. The summed E-state index contributed by atoms with van der Waals surface area (Å²) in [5.41, 5.74) is 3.34. The van der Waals surface area contributed by atoms with Crippen molar-refractivity contribution in [3.8, 4) is 11.5 Å². The quantitative estimate of drug-likeness (QED) is 0.451. The number of nitrogens with zero attached hydrogens (tertiary/aromatic N) is 1. The van der Waals surface area contributed by atoms with Crippen molar-refractivity contribution in [1.29, 1.82) is 0 Å². The molecular formula is C29H30ClN3O3. The van der Waals surface area contributed by atoms with E-state index in [0.29, 0.717) is 16.8 Å². The molecule has 0 bridgehead atoms. The molecule has 3 aromatic carbocycles. The molecule has 186 valence electrons. The molecule has 1 aliphatic carbocycles. The van der Waals surface area contributed by atoms with Gasteiger partial charge in [-0.15, -0.1) is 0 Å². The van der Waals surface area contributed by atoms with E-state index in [1.54, 1.807) is 12.1 Å². The van der Waals surface area contributed by atoms with Crippen LogP contribution >= 0.6 is 11.6 Å². The molecule has 6 nitrogen and oxygen atoms in total. The molecule has 36 heavy (non-hydrogen) atoms. The van der Waals surface area contributed by atoms with Crippen molar-refractivity contribution < 1.29 is 14.3 Å². The highest BCUT2D eigenvalue weighted by molar-refractivity contribution is 6.30. The Morgan fingerprint density at radius 1 is 1.00 bits per heavy atom. The summed E-state index contributed by atoms with van der Waals surface area (Å²) in [5.74, 6) is 1.65. The predicted molar refractivity (Wildman–Crippen MR) is 141 cm³/mol. The summed E-state index contributed by atoms with van der Waals surface area (Å²) in [6.45, 7) is 2.21. The van der Waals surface area contributed by atoms with Crippen LogP contribution in [0.15, 0.2) is 72.8 Å². The van der Waals surface area contributed by atoms with Gasteiger partial charge in [0.05, 0.1) is 0 Å². The van der Waals surface area contributed by atoms with Crippen LogP contribution in [0.25, 0.3) is 0 Å². The first-order chi connectivity index (χ1) is 17.6. The largest absolute Gasteiger partial charge is 0.454 e. The van der Waals surface area contributed by atoms with E-state index in [9.17, 15) is 4.79 Å². The molecule has 2 aliphatic heterocycles. The van der Waals surface area contributed by atoms with Gasteiger partial charge in [-0.25, -0.2) is 4.79 Å². The van der Waals surface area contributed by atoms with Crippen molar-refractivity contribution >= 4 is 23.3 Å². The molecule has 3 aliphatic rings. The Morgan fingerprint density at radius 2 is 1.86 bits per heavy atom. The first-order valence-electron chi connectivity index (χ1n) is 12.6. The van der Waals surface area contributed by atoms with Crippen LogP contribution < -0.4 is 20.1 Å². The Hall–Kier alpha value is -3.22. The molecule has 6 rings (SSSR count). The van der Waals surface area contributed by atoms with Gasteiger partial charge in [0, 0.05) is 34.8 Å². The van der Waals surface area contributed by atoms with Crippen LogP contribution in [0.5, 0.6) is 11.5 Å². The van der Waals surface area contributed by atoms with Gasteiger partial charge in [0.1, 0.15) is 0 Å². The highest BCUT2D eigenvalue weighted by atomic mass is 35.5. The number of hydrogen-bond acceptors (Lipinski definition) is 4. The summed E-state index contributed by atoms with van der Waals surface area (Å²) < 4.78 is 11.3. The van der Waals surface area contributed by atoms with E-state index in [1.165, 1.54) is 11.1 Å². The average molecular weight is 504 g/mol. The number of carbonyl (C=O) groups excluding carboxylic acids is 1. The van der Waals surface area contributed by atoms with Gasteiger partial charge in [0.25, 0.3) is 0 Å². The topological polar surface area (TPSA) is 62.8 Å². The molecular weight excluding hydrogens is 474 g/mol. The Labute approximate surface area is 216 Å². The number of benzene rings is 3. The standard InChI is InChI=1S/C29H30ClN3O3/c30-22-7-4-8-23(16-22)31-28(34)32-24-11-12-29(21-9-10-25-26(15-21)36-19-35-25)13-14-33(27(29)17-24)18-20-5-2-1-3-6-20/h1-10,15-16,24,27H,11-14,17-19H2,(H2,31,32,34)/t24-,27+,29-/m0/s1. The minimum Gasteiger partial charge on any atom is -0.454 e. The minimum absolute atomic E-state index is 0.0252. The van der Waals surface area contributed by atoms with E-state index in [0.717, 1.165) is 50.3 Å². The Morgan fingerprint density at radius 3 is 2.72 bits per heavy atom. The van der Waals surface area contributed by atoms with Crippen molar-refractivity contribution in [2.75, 3.05) is 18.7 Å². The number of ether oxygens (including phenoxy) is 2. The summed E-state index contributed by atoms with van der Waals surface area (Å²) in [4.78, 5) is 15.4. The minimum atomic E-state index is -0.189. The number of anilines is 1. The Kier molecular flexibility index (Phi) is 6.23. The summed E-state index contributed by atoms with van der Waals surface area (Å²) >= 11 is 6.08. The maximum Gasteiger partial charge on any atom is 0.319 e. The number of likely N-dealkylation sites (tertiary alicyclic amines) is 1. The SMILES string of the molecule is O=C(Nc1cccc(Cl)c1)N[C@H]1CC[C@@]2(c3ccc4c(c3)OCO4)CCN(Cc3ccccc3)[C@@H]2C1. The second-order valence-corrected chi connectivity index (χ2v) is 10.5. The van der Waals surface area contributed by atoms with Crippen LogP contribution in [0, 0.1) is 0 Å². The number of fused-ring (bicyclic) bond motifs is 2. The molecule has 2 fully saturated rings. The van der Waals surface area contributed by atoms with Crippen molar-refractivity contribution in [3.05, 3.63) is 88.9 Å². The van der Waals surface area contributed by atoms with E-state index < -0.39 is 0 Å². The summed E-state index contributed by atoms with van der Waals surface area (Å²) in [6, 6.07) is 24.5. The highest BCUT2D eigenvalue weighted by Crippen LogP contribution is 2.51. The summed E-state index contributed by atoms with van der Waals surface area (Å²) in [7, 11) is 0. The molecule has 2 N–H and O–H groups in total. The number of amides is 2. The number of urea groups is 1. The molecule has 0 unspecified atom stereocenters. The molecule has 1 saturated heterocycles. The van der Waals surface area contributed by atoms with Crippen molar-refractivity contribution in [2.24, 2.45) is 0 Å². The third-order valence-electron chi connectivity index (χ3n) is 7.96. The van der Waals surface area contributed by atoms with E-state index in [4.69, 9.17) is 21.1 Å². The number of nitrogens with one attached hydrogen (secondary N) is 2. The van der Waals surface area contributed by atoms with Gasteiger partial charge in [-0.1, -0.05) is 54.1 Å². The van der Waals surface area contributed by atoms with Crippen LogP contribution in [-0.2, 0) is 12.0 Å². The second-order valence-electron chi connectivity index (χ2n) is 10.0.